The Hall–Kier alpha value is -3.61. The number of rotatable bonds is 6. The van der Waals surface area contributed by atoms with Gasteiger partial charge in [0.25, 0.3) is 5.91 Å². The molecule has 0 atom stereocenters. The molecule has 0 saturated carbocycles. The van der Waals surface area contributed by atoms with Gasteiger partial charge in [-0.05, 0) is 61.9 Å². The maximum Gasteiger partial charge on any atom is 0.289 e. The van der Waals surface area contributed by atoms with Gasteiger partial charge >= 0.3 is 0 Å². The number of anilines is 1. The Labute approximate surface area is 157 Å². The lowest BCUT2D eigenvalue weighted by Gasteiger charge is -2.03. The third-order valence-electron chi connectivity index (χ3n) is 3.91. The molecule has 0 aliphatic rings. The standard InChI is InChI=1S/C20H21N5O2/c1-3-27-17-9-7-14(8-10-17)18-12-19(24-23-18)20(26)25-22-13(2)15-5-4-6-16(21)11-15/h4-12H,3,21H2,1-2H3,(H,23,24)(H,25,26)/b22-13-. The van der Waals surface area contributed by atoms with E-state index in [0.29, 0.717) is 29.4 Å². The molecule has 0 radical (unpaired) electrons. The number of aromatic nitrogens is 2. The number of hydrogen-bond donors (Lipinski definition) is 3. The van der Waals surface area contributed by atoms with Crippen LogP contribution in [0.1, 0.15) is 29.9 Å². The van der Waals surface area contributed by atoms with E-state index in [0.717, 1.165) is 16.9 Å². The summed E-state index contributed by atoms with van der Waals surface area (Å²) in [5.74, 6) is 0.420. The van der Waals surface area contributed by atoms with E-state index in [4.69, 9.17) is 10.5 Å². The first kappa shape index (κ1) is 18.2. The van der Waals surface area contributed by atoms with E-state index >= 15 is 0 Å². The van der Waals surface area contributed by atoms with Crippen LogP contribution in [0.2, 0.25) is 0 Å². The van der Waals surface area contributed by atoms with Crippen molar-refractivity contribution in [3.8, 4) is 17.0 Å². The van der Waals surface area contributed by atoms with Crippen LogP contribution in [-0.4, -0.2) is 28.4 Å². The molecule has 3 aromatic rings. The zero-order valence-electron chi connectivity index (χ0n) is 15.2. The van der Waals surface area contributed by atoms with Crippen molar-refractivity contribution >= 4 is 17.3 Å². The molecule has 138 valence electrons. The summed E-state index contributed by atoms with van der Waals surface area (Å²) in [7, 11) is 0. The van der Waals surface area contributed by atoms with Crippen molar-refractivity contribution in [2.24, 2.45) is 5.10 Å². The van der Waals surface area contributed by atoms with Crippen LogP contribution in [0, 0.1) is 0 Å². The number of aromatic amines is 1. The molecule has 1 amide bonds. The molecule has 0 fully saturated rings. The highest BCUT2D eigenvalue weighted by Gasteiger charge is 2.11. The highest BCUT2D eigenvalue weighted by Crippen LogP contribution is 2.21. The van der Waals surface area contributed by atoms with Gasteiger partial charge in [-0.1, -0.05) is 12.1 Å². The Morgan fingerprint density at radius 1 is 1.22 bits per heavy atom. The fourth-order valence-electron chi connectivity index (χ4n) is 2.50. The first-order chi connectivity index (χ1) is 13.1. The van der Waals surface area contributed by atoms with Crippen molar-refractivity contribution in [3.05, 3.63) is 65.9 Å². The van der Waals surface area contributed by atoms with Crippen LogP contribution in [-0.2, 0) is 0 Å². The summed E-state index contributed by atoms with van der Waals surface area (Å²) in [6.45, 7) is 4.35. The van der Waals surface area contributed by atoms with Gasteiger partial charge in [0.15, 0.2) is 0 Å². The highest BCUT2D eigenvalue weighted by molar-refractivity contribution is 6.01. The minimum atomic E-state index is -0.372. The van der Waals surface area contributed by atoms with Crippen LogP contribution in [0.5, 0.6) is 5.75 Å². The second kappa shape index (κ2) is 8.18. The van der Waals surface area contributed by atoms with E-state index < -0.39 is 0 Å². The van der Waals surface area contributed by atoms with Gasteiger partial charge in [0.1, 0.15) is 11.4 Å². The molecule has 0 aliphatic carbocycles. The number of amides is 1. The van der Waals surface area contributed by atoms with Crippen LogP contribution in [0.25, 0.3) is 11.3 Å². The molecule has 7 heteroatoms. The number of nitrogens with zero attached hydrogens (tertiary/aromatic N) is 2. The van der Waals surface area contributed by atoms with Crippen LogP contribution in [0.3, 0.4) is 0 Å². The lowest BCUT2D eigenvalue weighted by atomic mass is 10.1. The van der Waals surface area contributed by atoms with Gasteiger partial charge in [0, 0.05) is 11.3 Å². The number of benzene rings is 2. The molecular formula is C20H21N5O2. The number of carbonyl (C=O) groups excluding carboxylic acids is 1. The predicted molar refractivity (Wildman–Crippen MR) is 106 cm³/mol. The second-order valence-corrected chi connectivity index (χ2v) is 5.89. The fourth-order valence-corrected chi connectivity index (χ4v) is 2.50. The summed E-state index contributed by atoms with van der Waals surface area (Å²) in [6.07, 6.45) is 0. The number of nitrogens with two attached hydrogens (primary N) is 1. The summed E-state index contributed by atoms with van der Waals surface area (Å²) in [4.78, 5) is 12.3. The molecule has 3 rings (SSSR count). The highest BCUT2D eigenvalue weighted by atomic mass is 16.5. The average molecular weight is 363 g/mol. The number of hydrazone groups is 1. The van der Waals surface area contributed by atoms with Crippen molar-refractivity contribution in [1.29, 1.82) is 0 Å². The van der Waals surface area contributed by atoms with Gasteiger partial charge in [0.2, 0.25) is 0 Å². The van der Waals surface area contributed by atoms with Gasteiger partial charge in [-0.15, -0.1) is 0 Å². The Bertz CT molecular complexity index is 961. The zero-order chi connectivity index (χ0) is 19.2. The SMILES string of the molecule is CCOc1ccc(-c2cc(C(=O)N/N=C(/C)c3cccc(N)c3)[nH]n2)cc1. The number of carbonyl (C=O) groups is 1. The van der Waals surface area contributed by atoms with Crippen molar-refractivity contribution in [3.63, 3.8) is 0 Å². The molecule has 0 saturated heterocycles. The van der Waals surface area contributed by atoms with E-state index in [1.165, 1.54) is 0 Å². The topological polar surface area (TPSA) is 105 Å². The maximum absolute atomic E-state index is 12.3. The van der Waals surface area contributed by atoms with Crippen molar-refractivity contribution in [2.45, 2.75) is 13.8 Å². The molecule has 0 aliphatic heterocycles. The molecule has 27 heavy (non-hydrogen) atoms. The quantitative estimate of drug-likeness (QED) is 0.355. The maximum atomic E-state index is 12.3. The van der Waals surface area contributed by atoms with Crippen LogP contribution in [0.15, 0.2) is 59.7 Å². The first-order valence-corrected chi connectivity index (χ1v) is 8.56. The Morgan fingerprint density at radius 3 is 2.70 bits per heavy atom. The van der Waals surface area contributed by atoms with Gasteiger partial charge < -0.3 is 10.5 Å². The number of H-pyrrole nitrogens is 1. The molecule has 0 spiro atoms. The molecule has 1 aromatic heterocycles. The van der Waals surface area contributed by atoms with E-state index in [2.05, 4.69) is 20.7 Å². The van der Waals surface area contributed by atoms with Crippen LogP contribution < -0.4 is 15.9 Å². The summed E-state index contributed by atoms with van der Waals surface area (Å²) in [6, 6.07) is 16.5. The van der Waals surface area contributed by atoms with Crippen LogP contribution in [0.4, 0.5) is 5.69 Å². The van der Waals surface area contributed by atoms with Gasteiger partial charge in [0.05, 0.1) is 18.0 Å². The first-order valence-electron chi connectivity index (χ1n) is 8.56. The summed E-state index contributed by atoms with van der Waals surface area (Å²) in [5.41, 5.74) is 12.3. The number of nitrogen functional groups attached to an aromatic ring is 1. The number of nitrogens with one attached hydrogen (secondary N) is 2. The molecule has 2 aromatic carbocycles. The number of ether oxygens (including phenoxy) is 1. The van der Waals surface area contributed by atoms with E-state index in [-0.39, 0.29) is 5.91 Å². The van der Waals surface area contributed by atoms with Crippen LogP contribution >= 0.6 is 0 Å². The van der Waals surface area contributed by atoms with E-state index in [1.807, 2.05) is 43.3 Å². The predicted octanol–water partition coefficient (Wildman–Crippen LogP) is 3.21. The summed E-state index contributed by atoms with van der Waals surface area (Å²) in [5, 5.41) is 11.0. The molecule has 1 heterocycles. The van der Waals surface area contributed by atoms with Gasteiger partial charge in [-0.2, -0.15) is 10.2 Å². The van der Waals surface area contributed by atoms with Crippen molar-refractivity contribution in [1.82, 2.24) is 15.6 Å². The summed E-state index contributed by atoms with van der Waals surface area (Å²) < 4.78 is 5.42. The van der Waals surface area contributed by atoms with Gasteiger partial charge in [-0.25, -0.2) is 5.43 Å². The Balaban J connectivity index is 1.68. The Kier molecular flexibility index (Phi) is 5.51. The lowest BCUT2D eigenvalue weighted by molar-refractivity contribution is 0.0950. The Morgan fingerprint density at radius 2 is 2.00 bits per heavy atom. The minimum Gasteiger partial charge on any atom is -0.494 e. The van der Waals surface area contributed by atoms with Crippen molar-refractivity contribution in [2.75, 3.05) is 12.3 Å². The molecular weight excluding hydrogens is 342 g/mol. The zero-order valence-corrected chi connectivity index (χ0v) is 15.2. The largest absolute Gasteiger partial charge is 0.494 e. The third kappa shape index (κ3) is 4.52. The normalized spacial score (nSPS) is 11.3. The summed E-state index contributed by atoms with van der Waals surface area (Å²) >= 11 is 0. The third-order valence-corrected chi connectivity index (χ3v) is 3.91. The molecule has 7 nitrogen and oxygen atoms in total. The average Bonchev–Trinajstić information content (AvgIpc) is 3.17. The lowest BCUT2D eigenvalue weighted by Crippen LogP contribution is -2.19. The number of hydrogen-bond acceptors (Lipinski definition) is 5. The molecule has 0 unspecified atom stereocenters. The molecule has 4 N–H and O–H groups in total. The monoisotopic (exact) mass is 363 g/mol. The minimum absolute atomic E-state index is 0.322. The van der Waals surface area contributed by atoms with E-state index in [1.54, 1.807) is 25.1 Å². The van der Waals surface area contributed by atoms with E-state index in [9.17, 15) is 4.79 Å². The molecule has 0 bridgehead atoms. The van der Waals surface area contributed by atoms with Gasteiger partial charge in [-0.3, -0.25) is 9.89 Å². The second-order valence-electron chi connectivity index (χ2n) is 5.89. The fraction of sp³-hybridized carbons (Fsp3) is 0.150. The smallest absolute Gasteiger partial charge is 0.289 e. The van der Waals surface area contributed by atoms with Crippen molar-refractivity contribution < 1.29 is 9.53 Å².